The average Bonchev–Trinajstić information content (AvgIpc) is 3.42. The van der Waals surface area contributed by atoms with E-state index in [2.05, 4.69) is 20.4 Å². The van der Waals surface area contributed by atoms with Gasteiger partial charge in [-0.25, -0.2) is 4.39 Å². The largest absolute Gasteiger partial charge is 0.411 e. The molecule has 5 rings (SSSR count). The van der Waals surface area contributed by atoms with Crippen molar-refractivity contribution in [1.82, 2.24) is 15.1 Å². The Hall–Kier alpha value is -4.18. The maximum Gasteiger partial charge on any atom is 0.277 e. The Balaban J connectivity index is 1.08. The lowest BCUT2D eigenvalue weighted by Gasteiger charge is -2.36. The summed E-state index contributed by atoms with van der Waals surface area (Å²) in [5, 5.41) is 11.0. The smallest absolute Gasteiger partial charge is 0.277 e. The van der Waals surface area contributed by atoms with Gasteiger partial charge in [0, 0.05) is 48.7 Å². The lowest BCUT2D eigenvalue weighted by Crippen LogP contribution is -2.48. The summed E-state index contributed by atoms with van der Waals surface area (Å²) in [6.45, 7) is 2.79. The fourth-order valence-corrected chi connectivity index (χ4v) is 4.55. The molecule has 8 nitrogen and oxygen atoms in total. The van der Waals surface area contributed by atoms with Crippen molar-refractivity contribution in [2.45, 2.75) is 5.22 Å². The first kappa shape index (κ1) is 24.5. The van der Waals surface area contributed by atoms with Crippen LogP contribution in [0, 0.1) is 5.82 Å². The van der Waals surface area contributed by atoms with Crippen molar-refractivity contribution in [1.29, 1.82) is 0 Å². The Morgan fingerprint density at radius 1 is 0.892 bits per heavy atom. The molecule has 1 aliphatic rings. The van der Waals surface area contributed by atoms with Crippen molar-refractivity contribution < 1.29 is 18.4 Å². The number of hydrogen-bond acceptors (Lipinski definition) is 7. The Labute approximate surface area is 217 Å². The molecule has 0 unspecified atom stereocenters. The summed E-state index contributed by atoms with van der Waals surface area (Å²) in [6.07, 6.45) is 0. The molecule has 0 saturated carbocycles. The summed E-state index contributed by atoms with van der Waals surface area (Å²) < 4.78 is 18.6. The Morgan fingerprint density at radius 3 is 2.30 bits per heavy atom. The summed E-state index contributed by atoms with van der Waals surface area (Å²) in [5.41, 5.74) is 3.04. The molecule has 3 aromatic carbocycles. The quantitative estimate of drug-likeness (QED) is 0.359. The van der Waals surface area contributed by atoms with Crippen LogP contribution in [0.2, 0.25) is 0 Å². The first-order chi connectivity index (χ1) is 18.0. The highest BCUT2D eigenvalue weighted by Crippen LogP contribution is 2.24. The average molecular weight is 518 g/mol. The van der Waals surface area contributed by atoms with Crippen LogP contribution in [0.1, 0.15) is 10.4 Å². The summed E-state index contributed by atoms with van der Waals surface area (Å²) in [6, 6.07) is 22.7. The van der Waals surface area contributed by atoms with Crippen LogP contribution in [-0.4, -0.2) is 58.8 Å². The lowest BCUT2D eigenvalue weighted by molar-refractivity contribution is -0.113. The van der Waals surface area contributed by atoms with E-state index in [4.69, 9.17) is 4.42 Å². The highest BCUT2D eigenvalue weighted by Gasteiger charge is 2.22. The summed E-state index contributed by atoms with van der Waals surface area (Å²) in [4.78, 5) is 29.1. The number of carbonyl (C=O) groups is 2. The fourth-order valence-electron chi connectivity index (χ4n) is 3.99. The molecule has 0 radical (unpaired) electrons. The highest BCUT2D eigenvalue weighted by atomic mass is 32.2. The number of thioether (sulfide) groups is 1. The van der Waals surface area contributed by atoms with E-state index in [1.54, 1.807) is 12.1 Å². The van der Waals surface area contributed by atoms with E-state index in [-0.39, 0.29) is 34.5 Å². The van der Waals surface area contributed by atoms with E-state index in [1.165, 1.54) is 12.1 Å². The zero-order valence-corrected chi connectivity index (χ0v) is 20.7. The van der Waals surface area contributed by atoms with Gasteiger partial charge >= 0.3 is 0 Å². The summed E-state index contributed by atoms with van der Waals surface area (Å²) in [7, 11) is 0. The summed E-state index contributed by atoms with van der Waals surface area (Å²) in [5.74, 6) is -0.121. The second kappa shape index (κ2) is 11.3. The minimum Gasteiger partial charge on any atom is -0.411 e. The number of aromatic nitrogens is 2. The Bertz CT molecular complexity index is 1360. The van der Waals surface area contributed by atoms with Crippen molar-refractivity contribution in [2.24, 2.45) is 0 Å². The molecule has 1 saturated heterocycles. The van der Waals surface area contributed by atoms with Gasteiger partial charge in [0.2, 0.25) is 11.8 Å². The molecular weight excluding hydrogens is 493 g/mol. The second-order valence-electron chi connectivity index (χ2n) is 8.41. The van der Waals surface area contributed by atoms with Crippen LogP contribution in [0.15, 0.2) is 88.5 Å². The normalized spacial score (nSPS) is 13.4. The number of rotatable bonds is 7. The third kappa shape index (κ3) is 6.15. The van der Waals surface area contributed by atoms with Gasteiger partial charge in [0.1, 0.15) is 5.82 Å². The monoisotopic (exact) mass is 517 g/mol. The molecule has 4 aromatic rings. The van der Waals surface area contributed by atoms with Gasteiger partial charge in [-0.1, -0.05) is 30.0 Å². The van der Waals surface area contributed by atoms with Crippen molar-refractivity contribution in [3.05, 3.63) is 90.2 Å². The molecule has 0 bridgehead atoms. The number of halogens is 1. The fraction of sp³-hybridized carbons (Fsp3) is 0.185. The minimum atomic E-state index is -0.347. The molecule has 0 aliphatic carbocycles. The summed E-state index contributed by atoms with van der Waals surface area (Å²) >= 11 is 1.13. The number of benzene rings is 3. The first-order valence-electron chi connectivity index (χ1n) is 11.8. The molecule has 1 N–H and O–H groups in total. The van der Waals surface area contributed by atoms with E-state index in [0.29, 0.717) is 29.9 Å². The van der Waals surface area contributed by atoms with Gasteiger partial charge in [0.05, 0.1) is 5.75 Å². The van der Waals surface area contributed by atoms with Gasteiger partial charge in [-0.15, -0.1) is 10.2 Å². The third-order valence-corrected chi connectivity index (χ3v) is 6.75. The molecule has 0 spiro atoms. The number of nitrogens with one attached hydrogen (secondary N) is 1. The van der Waals surface area contributed by atoms with E-state index in [1.807, 2.05) is 59.5 Å². The van der Waals surface area contributed by atoms with Crippen molar-refractivity contribution in [3.8, 4) is 11.5 Å². The Morgan fingerprint density at radius 2 is 1.59 bits per heavy atom. The maximum atomic E-state index is 13.1. The van der Waals surface area contributed by atoms with Crippen molar-refractivity contribution in [2.75, 3.05) is 42.1 Å². The van der Waals surface area contributed by atoms with Crippen molar-refractivity contribution in [3.63, 3.8) is 0 Å². The zero-order chi connectivity index (χ0) is 25.6. The number of nitrogens with zero attached hydrogens (tertiary/aromatic N) is 4. The van der Waals surface area contributed by atoms with Crippen LogP contribution in [0.25, 0.3) is 11.5 Å². The van der Waals surface area contributed by atoms with Crippen molar-refractivity contribution >= 4 is 35.0 Å². The first-order valence-corrected chi connectivity index (χ1v) is 12.8. The number of hydrogen-bond donors (Lipinski definition) is 1. The number of anilines is 2. The third-order valence-electron chi connectivity index (χ3n) is 5.93. The van der Waals surface area contributed by atoms with Crippen LogP contribution in [0.4, 0.5) is 15.8 Å². The van der Waals surface area contributed by atoms with Gasteiger partial charge in [0.15, 0.2) is 0 Å². The predicted molar refractivity (Wildman–Crippen MR) is 140 cm³/mol. The molecular formula is C27H24FN5O3S. The molecule has 188 valence electrons. The predicted octanol–water partition coefficient (Wildman–Crippen LogP) is 4.57. The van der Waals surface area contributed by atoms with Crippen LogP contribution in [0.5, 0.6) is 0 Å². The van der Waals surface area contributed by atoms with Gasteiger partial charge in [-0.05, 0) is 60.7 Å². The topological polar surface area (TPSA) is 91.6 Å². The highest BCUT2D eigenvalue weighted by molar-refractivity contribution is 7.99. The molecule has 1 aromatic heterocycles. The Kier molecular flexibility index (Phi) is 7.46. The van der Waals surface area contributed by atoms with Gasteiger partial charge in [-0.3, -0.25) is 9.59 Å². The second-order valence-corrected chi connectivity index (χ2v) is 9.34. The molecule has 0 atom stereocenters. The molecule has 2 amide bonds. The minimum absolute atomic E-state index is 0.0587. The van der Waals surface area contributed by atoms with E-state index >= 15 is 0 Å². The molecule has 1 aliphatic heterocycles. The molecule has 10 heteroatoms. The zero-order valence-electron chi connectivity index (χ0n) is 19.8. The number of amides is 2. The number of carbonyl (C=O) groups excluding carboxylic acids is 2. The van der Waals surface area contributed by atoms with E-state index in [9.17, 15) is 14.0 Å². The standard InChI is InChI=1S/C27H24FN5O3S/c28-21-8-6-19(7-9-21)25-30-31-27(36-25)37-18-24(34)29-22-10-12-23(13-11-22)32-14-16-33(17-15-32)26(35)20-4-2-1-3-5-20/h1-13H,14-18H2,(H,29,34). The molecule has 1 fully saturated rings. The lowest BCUT2D eigenvalue weighted by atomic mass is 10.1. The van der Waals surface area contributed by atoms with Crippen LogP contribution < -0.4 is 10.2 Å². The van der Waals surface area contributed by atoms with Crippen LogP contribution in [-0.2, 0) is 4.79 Å². The van der Waals surface area contributed by atoms with E-state index in [0.717, 1.165) is 30.5 Å². The van der Waals surface area contributed by atoms with E-state index < -0.39 is 0 Å². The molecule has 37 heavy (non-hydrogen) atoms. The van der Waals surface area contributed by atoms with Gasteiger partial charge < -0.3 is 19.5 Å². The van der Waals surface area contributed by atoms with Gasteiger partial charge in [0.25, 0.3) is 11.1 Å². The molecule has 2 heterocycles. The SMILES string of the molecule is O=C(CSc1nnc(-c2ccc(F)cc2)o1)Nc1ccc(N2CCN(C(=O)c3ccccc3)CC2)cc1. The van der Waals surface area contributed by atoms with Crippen LogP contribution in [0.3, 0.4) is 0 Å². The number of piperazine rings is 1. The van der Waals surface area contributed by atoms with Crippen LogP contribution >= 0.6 is 11.8 Å². The van der Waals surface area contributed by atoms with Gasteiger partial charge in [-0.2, -0.15) is 0 Å². The maximum absolute atomic E-state index is 13.1.